The van der Waals surface area contributed by atoms with Gasteiger partial charge in [0.05, 0.1) is 17.2 Å². The molecular formula is C16H21N3O4S. The van der Waals surface area contributed by atoms with E-state index in [9.17, 15) is 19.7 Å². The summed E-state index contributed by atoms with van der Waals surface area (Å²) >= 11 is 1.55. The summed E-state index contributed by atoms with van der Waals surface area (Å²) in [6.07, 6.45) is 0.131. The van der Waals surface area contributed by atoms with Crippen molar-refractivity contribution in [2.45, 2.75) is 26.3 Å². The molecule has 2 rings (SSSR count). The van der Waals surface area contributed by atoms with Crippen LogP contribution in [0.15, 0.2) is 24.3 Å². The van der Waals surface area contributed by atoms with Gasteiger partial charge in [0, 0.05) is 24.4 Å². The van der Waals surface area contributed by atoms with Crippen molar-refractivity contribution in [2.75, 3.05) is 18.2 Å². The van der Waals surface area contributed by atoms with Gasteiger partial charge in [-0.2, -0.15) is 0 Å². The lowest BCUT2D eigenvalue weighted by atomic mass is 10.1. The summed E-state index contributed by atoms with van der Waals surface area (Å²) in [5, 5.41) is 13.5. The van der Waals surface area contributed by atoms with E-state index in [2.05, 4.69) is 5.32 Å². The standard InChI is InChI=1S/C16H21N3O4S/c1-11(2)8-17-16(21)14-9-24-10-18(14)15(20)7-12-3-5-13(6-4-12)19(22)23/h3-6,11,14H,7-10H2,1-2H3,(H,17,21). The van der Waals surface area contributed by atoms with Crippen molar-refractivity contribution in [1.29, 1.82) is 0 Å². The second-order valence-corrected chi connectivity index (χ2v) is 7.12. The van der Waals surface area contributed by atoms with E-state index < -0.39 is 11.0 Å². The summed E-state index contributed by atoms with van der Waals surface area (Å²) in [5.74, 6) is 1.18. The molecule has 0 saturated carbocycles. The van der Waals surface area contributed by atoms with E-state index in [0.717, 1.165) is 0 Å². The Bertz CT molecular complexity index is 618. The first-order chi connectivity index (χ1) is 11.4. The molecule has 0 spiro atoms. The van der Waals surface area contributed by atoms with Crippen LogP contribution in [0.25, 0.3) is 0 Å². The summed E-state index contributed by atoms with van der Waals surface area (Å²) < 4.78 is 0. The number of thioether (sulfide) groups is 1. The highest BCUT2D eigenvalue weighted by Gasteiger charge is 2.34. The Labute approximate surface area is 144 Å². The number of amides is 2. The molecule has 1 heterocycles. The third kappa shape index (κ3) is 4.70. The predicted molar refractivity (Wildman–Crippen MR) is 92.6 cm³/mol. The quantitative estimate of drug-likeness (QED) is 0.623. The number of non-ortho nitro benzene ring substituents is 1. The Morgan fingerprint density at radius 3 is 2.62 bits per heavy atom. The molecule has 7 nitrogen and oxygen atoms in total. The SMILES string of the molecule is CC(C)CNC(=O)C1CSCN1C(=O)Cc1ccc([N+](=O)[O-])cc1. The Morgan fingerprint density at radius 1 is 1.38 bits per heavy atom. The van der Waals surface area contributed by atoms with Gasteiger partial charge in [0.25, 0.3) is 5.69 Å². The van der Waals surface area contributed by atoms with Gasteiger partial charge < -0.3 is 10.2 Å². The predicted octanol–water partition coefficient (Wildman–Crippen LogP) is 1.81. The topological polar surface area (TPSA) is 92.6 Å². The molecular weight excluding hydrogens is 330 g/mol. The summed E-state index contributed by atoms with van der Waals surface area (Å²) in [7, 11) is 0. The van der Waals surface area contributed by atoms with Crippen LogP contribution in [0.1, 0.15) is 19.4 Å². The average molecular weight is 351 g/mol. The highest BCUT2D eigenvalue weighted by molar-refractivity contribution is 7.99. The number of benzene rings is 1. The largest absolute Gasteiger partial charge is 0.354 e. The molecule has 24 heavy (non-hydrogen) atoms. The lowest BCUT2D eigenvalue weighted by Gasteiger charge is -2.23. The zero-order chi connectivity index (χ0) is 17.7. The maximum absolute atomic E-state index is 12.5. The molecule has 1 fully saturated rings. The fourth-order valence-corrected chi connectivity index (χ4v) is 3.52. The number of hydrogen-bond acceptors (Lipinski definition) is 5. The van der Waals surface area contributed by atoms with E-state index in [-0.39, 0.29) is 23.9 Å². The zero-order valence-corrected chi connectivity index (χ0v) is 14.5. The Morgan fingerprint density at radius 2 is 2.04 bits per heavy atom. The van der Waals surface area contributed by atoms with Crippen LogP contribution in [0.5, 0.6) is 0 Å². The van der Waals surface area contributed by atoms with E-state index in [1.807, 2.05) is 13.8 Å². The second-order valence-electron chi connectivity index (χ2n) is 6.12. The molecule has 1 atom stereocenters. The third-order valence-electron chi connectivity index (χ3n) is 3.69. The van der Waals surface area contributed by atoms with Crippen LogP contribution in [0.2, 0.25) is 0 Å². The smallest absolute Gasteiger partial charge is 0.269 e. The van der Waals surface area contributed by atoms with Crippen molar-refractivity contribution in [1.82, 2.24) is 10.2 Å². The van der Waals surface area contributed by atoms with Gasteiger partial charge in [-0.3, -0.25) is 19.7 Å². The summed E-state index contributed by atoms with van der Waals surface area (Å²) in [5.41, 5.74) is 0.692. The first kappa shape index (κ1) is 18.3. The van der Waals surface area contributed by atoms with Crippen molar-refractivity contribution in [3.63, 3.8) is 0 Å². The Kier molecular flexibility index (Phi) is 6.19. The van der Waals surface area contributed by atoms with Gasteiger partial charge >= 0.3 is 0 Å². The van der Waals surface area contributed by atoms with Crippen LogP contribution >= 0.6 is 11.8 Å². The van der Waals surface area contributed by atoms with Gasteiger partial charge in [0.1, 0.15) is 6.04 Å². The van der Waals surface area contributed by atoms with Crippen LogP contribution in [-0.2, 0) is 16.0 Å². The van der Waals surface area contributed by atoms with Crippen LogP contribution < -0.4 is 5.32 Å². The van der Waals surface area contributed by atoms with Gasteiger partial charge in [0.15, 0.2) is 0 Å². The molecule has 8 heteroatoms. The van der Waals surface area contributed by atoms with E-state index in [0.29, 0.717) is 29.7 Å². The van der Waals surface area contributed by atoms with Crippen LogP contribution in [0.3, 0.4) is 0 Å². The summed E-state index contributed by atoms with van der Waals surface area (Å²) in [6.45, 7) is 4.62. The Hall–Kier alpha value is -2.09. The Balaban J connectivity index is 1.97. The molecule has 1 unspecified atom stereocenters. The molecule has 1 aromatic rings. The lowest BCUT2D eigenvalue weighted by molar-refractivity contribution is -0.384. The van der Waals surface area contributed by atoms with Crippen molar-refractivity contribution < 1.29 is 14.5 Å². The summed E-state index contributed by atoms with van der Waals surface area (Å²) in [6, 6.07) is 5.47. The minimum atomic E-state index is -0.474. The number of nitro benzene ring substituents is 1. The number of nitrogens with zero attached hydrogens (tertiary/aromatic N) is 2. The van der Waals surface area contributed by atoms with Crippen molar-refractivity contribution in [3.05, 3.63) is 39.9 Å². The molecule has 1 aromatic carbocycles. The molecule has 1 aliphatic rings. The monoisotopic (exact) mass is 351 g/mol. The normalized spacial score (nSPS) is 17.1. The minimum Gasteiger partial charge on any atom is -0.354 e. The molecule has 0 aliphatic carbocycles. The minimum absolute atomic E-state index is 0.00568. The van der Waals surface area contributed by atoms with Gasteiger partial charge in [-0.25, -0.2) is 0 Å². The number of hydrogen-bond donors (Lipinski definition) is 1. The average Bonchev–Trinajstić information content (AvgIpc) is 3.02. The van der Waals surface area contributed by atoms with Crippen LogP contribution in [0, 0.1) is 16.0 Å². The summed E-state index contributed by atoms with van der Waals surface area (Å²) in [4.78, 5) is 36.5. The van der Waals surface area contributed by atoms with E-state index in [1.54, 1.807) is 28.8 Å². The zero-order valence-electron chi connectivity index (χ0n) is 13.7. The van der Waals surface area contributed by atoms with Crippen molar-refractivity contribution in [2.24, 2.45) is 5.92 Å². The van der Waals surface area contributed by atoms with Crippen molar-refractivity contribution in [3.8, 4) is 0 Å². The highest BCUT2D eigenvalue weighted by Crippen LogP contribution is 2.22. The van der Waals surface area contributed by atoms with Crippen LogP contribution in [0.4, 0.5) is 5.69 Å². The molecule has 1 N–H and O–H groups in total. The van der Waals surface area contributed by atoms with Gasteiger partial charge in [-0.15, -0.1) is 11.8 Å². The molecule has 1 aliphatic heterocycles. The number of carbonyl (C=O) groups is 2. The molecule has 1 saturated heterocycles. The van der Waals surface area contributed by atoms with Gasteiger partial charge in [-0.1, -0.05) is 26.0 Å². The molecule has 0 bridgehead atoms. The number of nitro groups is 1. The fourth-order valence-electron chi connectivity index (χ4n) is 2.34. The number of carbonyl (C=O) groups excluding carboxylic acids is 2. The van der Waals surface area contributed by atoms with Gasteiger partial charge in [0.2, 0.25) is 11.8 Å². The van der Waals surface area contributed by atoms with E-state index in [1.165, 1.54) is 12.1 Å². The number of rotatable bonds is 6. The number of nitrogens with one attached hydrogen (secondary N) is 1. The fraction of sp³-hybridized carbons (Fsp3) is 0.500. The lowest BCUT2D eigenvalue weighted by Crippen LogP contribution is -2.48. The molecule has 0 aromatic heterocycles. The first-order valence-electron chi connectivity index (χ1n) is 7.76. The van der Waals surface area contributed by atoms with Gasteiger partial charge in [-0.05, 0) is 11.5 Å². The molecule has 0 radical (unpaired) electrons. The van der Waals surface area contributed by atoms with Crippen molar-refractivity contribution >= 4 is 29.3 Å². The second kappa shape index (κ2) is 8.14. The molecule has 2 amide bonds. The van der Waals surface area contributed by atoms with E-state index >= 15 is 0 Å². The maximum Gasteiger partial charge on any atom is 0.269 e. The maximum atomic E-state index is 12.5. The highest BCUT2D eigenvalue weighted by atomic mass is 32.2. The molecule has 130 valence electrons. The first-order valence-corrected chi connectivity index (χ1v) is 8.92. The van der Waals surface area contributed by atoms with Crippen LogP contribution in [-0.4, -0.2) is 45.9 Å². The van der Waals surface area contributed by atoms with E-state index in [4.69, 9.17) is 0 Å². The third-order valence-corrected chi connectivity index (χ3v) is 4.70.